The molecule has 1 fully saturated rings. The van der Waals surface area contributed by atoms with Crippen molar-refractivity contribution in [2.45, 2.75) is 64.9 Å². The maximum absolute atomic E-state index is 6.07. The Bertz CT molecular complexity index is 338. The molecule has 1 aromatic heterocycles. The Kier molecular flexibility index (Phi) is 3.52. The number of aromatic nitrogens is 2. The predicted molar refractivity (Wildman–Crippen MR) is 64.5 cm³/mol. The Hall–Kier alpha value is -0.990. The lowest BCUT2D eigenvalue weighted by Crippen LogP contribution is -2.29. The first-order valence-corrected chi connectivity index (χ1v) is 6.40. The number of rotatable bonds is 3. The minimum absolute atomic E-state index is 0.388. The zero-order valence-corrected chi connectivity index (χ0v) is 10.6. The largest absolute Gasteiger partial charge is 0.409 e. The van der Waals surface area contributed by atoms with Crippen molar-refractivity contribution < 1.29 is 4.84 Å². The molecule has 2 rings (SSSR count). The first-order chi connectivity index (χ1) is 7.68. The van der Waals surface area contributed by atoms with Crippen LogP contribution in [0.25, 0.3) is 0 Å². The van der Waals surface area contributed by atoms with Crippen LogP contribution in [0.2, 0.25) is 0 Å². The van der Waals surface area contributed by atoms with Crippen LogP contribution < -0.4 is 4.84 Å². The molecule has 1 aromatic rings. The van der Waals surface area contributed by atoms with Gasteiger partial charge in [0.15, 0.2) is 0 Å². The second-order valence-corrected chi connectivity index (χ2v) is 5.07. The Morgan fingerprint density at radius 3 is 2.62 bits per heavy atom. The van der Waals surface area contributed by atoms with Gasteiger partial charge in [0.1, 0.15) is 11.9 Å². The summed E-state index contributed by atoms with van der Waals surface area (Å²) < 4.78 is 1.95. The van der Waals surface area contributed by atoms with Crippen molar-refractivity contribution in [1.82, 2.24) is 9.71 Å². The van der Waals surface area contributed by atoms with E-state index in [0.717, 1.165) is 11.5 Å². The molecule has 0 aromatic carbocycles. The standard InChI is InChI=1S/C13H22N2O/c1-10(2)13-14-9-11(3)15(13)16-12-7-5-4-6-8-12/h9-10,12H,4-8H2,1-3H3. The van der Waals surface area contributed by atoms with Crippen molar-refractivity contribution >= 4 is 0 Å². The fourth-order valence-corrected chi connectivity index (χ4v) is 2.29. The van der Waals surface area contributed by atoms with Crippen molar-refractivity contribution in [3.8, 4) is 0 Å². The monoisotopic (exact) mass is 222 g/mol. The molecule has 1 aliphatic carbocycles. The summed E-state index contributed by atoms with van der Waals surface area (Å²) in [5.74, 6) is 1.46. The van der Waals surface area contributed by atoms with Gasteiger partial charge in [0, 0.05) is 5.92 Å². The number of imidazole rings is 1. The van der Waals surface area contributed by atoms with Crippen LogP contribution in [0.15, 0.2) is 6.20 Å². The summed E-state index contributed by atoms with van der Waals surface area (Å²) in [7, 11) is 0. The second kappa shape index (κ2) is 4.89. The van der Waals surface area contributed by atoms with E-state index in [-0.39, 0.29) is 0 Å². The lowest BCUT2D eigenvalue weighted by Gasteiger charge is -2.25. The SMILES string of the molecule is Cc1cnc(C(C)C)n1OC1CCCCC1. The summed E-state index contributed by atoms with van der Waals surface area (Å²) in [5, 5.41) is 0. The molecule has 3 nitrogen and oxygen atoms in total. The van der Waals surface area contributed by atoms with E-state index >= 15 is 0 Å². The molecule has 1 aliphatic rings. The van der Waals surface area contributed by atoms with Crippen LogP contribution in [0.1, 0.15) is 63.4 Å². The van der Waals surface area contributed by atoms with Crippen molar-refractivity contribution in [3.05, 3.63) is 17.7 Å². The third kappa shape index (κ3) is 2.39. The topological polar surface area (TPSA) is 27.1 Å². The molecule has 0 aliphatic heterocycles. The summed E-state index contributed by atoms with van der Waals surface area (Å²) in [6.45, 7) is 6.37. The second-order valence-electron chi connectivity index (χ2n) is 5.07. The fraction of sp³-hybridized carbons (Fsp3) is 0.769. The van der Waals surface area contributed by atoms with Gasteiger partial charge in [0.05, 0.1) is 11.9 Å². The maximum Gasteiger partial charge on any atom is 0.147 e. The Balaban J connectivity index is 2.09. The highest BCUT2D eigenvalue weighted by atomic mass is 16.7. The molecular weight excluding hydrogens is 200 g/mol. The number of aryl methyl sites for hydroxylation is 1. The molecule has 16 heavy (non-hydrogen) atoms. The highest BCUT2D eigenvalue weighted by Gasteiger charge is 2.19. The smallest absolute Gasteiger partial charge is 0.147 e. The lowest BCUT2D eigenvalue weighted by atomic mass is 9.98. The lowest BCUT2D eigenvalue weighted by molar-refractivity contribution is 0.00648. The number of hydrogen-bond acceptors (Lipinski definition) is 2. The van der Waals surface area contributed by atoms with E-state index in [2.05, 4.69) is 25.8 Å². The number of hydrogen-bond donors (Lipinski definition) is 0. The summed E-state index contributed by atoms with van der Waals surface area (Å²) in [6, 6.07) is 0. The molecule has 1 heterocycles. The van der Waals surface area contributed by atoms with Crippen LogP contribution in [-0.2, 0) is 0 Å². The van der Waals surface area contributed by atoms with E-state index in [4.69, 9.17) is 4.84 Å². The molecule has 1 saturated carbocycles. The van der Waals surface area contributed by atoms with Crippen LogP contribution in [0.4, 0.5) is 0 Å². The minimum atomic E-state index is 0.388. The third-order valence-corrected chi connectivity index (χ3v) is 3.24. The zero-order chi connectivity index (χ0) is 11.5. The van der Waals surface area contributed by atoms with Crippen LogP contribution in [0.5, 0.6) is 0 Å². The minimum Gasteiger partial charge on any atom is -0.409 e. The van der Waals surface area contributed by atoms with E-state index in [1.54, 1.807) is 0 Å². The highest BCUT2D eigenvalue weighted by molar-refractivity contribution is 5.04. The molecule has 0 saturated heterocycles. The summed E-state index contributed by atoms with van der Waals surface area (Å²) >= 11 is 0. The van der Waals surface area contributed by atoms with Crippen LogP contribution in [-0.4, -0.2) is 15.8 Å². The molecule has 0 bridgehead atoms. The van der Waals surface area contributed by atoms with E-state index in [9.17, 15) is 0 Å². The van der Waals surface area contributed by atoms with Gasteiger partial charge in [-0.1, -0.05) is 20.3 Å². The van der Waals surface area contributed by atoms with E-state index < -0.39 is 0 Å². The van der Waals surface area contributed by atoms with Gasteiger partial charge in [0.2, 0.25) is 0 Å². The van der Waals surface area contributed by atoms with Gasteiger partial charge >= 0.3 is 0 Å². The first kappa shape index (κ1) is 11.5. The summed E-state index contributed by atoms with van der Waals surface area (Å²) in [6.07, 6.45) is 8.63. The first-order valence-electron chi connectivity index (χ1n) is 6.40. The average Bonchev–Trinajstić information content (AvgIpc) is 2.62. The Morgan fingerprint density at radius 1 is 1.31 bits per heavy atom. The molecule has 3 heteroatoms. The molecule has 0 N–H and O–H groups in total. The fourth-order valence-electron chi connectivity index (χ4n) is 2.29. The van der Waals surface area contributed by atoms with Crippen molar-refractivity contribution in [2.75, 3.05) is 0 Å². The Labute approximate surface area is 97.8 Å². The van der Waals surface area contributed by atoms with Gasteiger partial charge < -0.3 is 4.84 Å². The van der Waals surface area contributed by atoms with Gasteiger partial charge in [-0.3, -0.25) is 0 Å². The molecule has 90 valence electrons. The van der Waals surface area contributed by atoms with E-state index in [1.807, 2.05) is 10.9 Å². The van der Waals surface area contributed by atoms with Crippen molar-refractivity contribution in [2.24, 2.45) is 0 Å². The van der Waals surface area contributed by atoms with E-state index in [0.29, 0.717) is 12.0 Å². The van der Waals surface area contributed by atoms with Gasteiger partial charge in [-0.15, -0.1) is 0 Å². The van der Waals surface area contributed by atoms with Crippen LogP contribution in [0, 0.1) is 6.92 Å². The van der Waals surface area contributed by atoms with Crippen molar-refractivity contribution in [1.29, 1.82) is 0 Å². The molecule has 0 radical (unpaired) electrons. The quantitative estimate of drug-likeness (QED) is 0.786. The van der Waals surface area contributed by atoms with E-state index in [1.165, 1.54) is 32.1 Å². The number of nitrogens with zero attached hydrogens (tertiary/aromatic N) is 2. The van der Waals surface area contributed by atoms with Crippen LogP contribution in [0.3, 0.4) is 0 Å². The average molecular weight is 222 g/mol. The Morgan fingerprint density at radius 2 is 2.00 bits per heavy atom. The molecule has 0 unspecified atom stereocenters. The normalized spacial score (nSPS) is 18.0. The molecule has 0 amide bonds. The third-order valence-electron chi connectivity index (χ3n) is 3.24. The zero-order valence-electron chi connectivity index (χ0n) is 10.6. The predicted octanol–water partition coefficient (Wildman–Crippen LogP) is 3.08. The summed E-state index contributed by atoms with van der Waals surface area (Å²) in [4.78, 5) is 10.5. The maximum atomic E-state index is 6.07. The highest BCUT2D eigenvalue weighted by Crippen LogP contribution is 2.21. The van der Waals surface area contributed by atoms with Crippen molar-refractivity contribution in [3.63, 3.8) is 0 Å². The van der Waals surface area contributed by atoms with Crippen LogP contribution >= 0.6 is 0 Å². The van der Waals surface area contributed by atoms with Gasteiger partial charge in [0.25, 0.3) is 0 Å². The summed E-state index contributed by atoms with van der Waals surface area (Å²) in [5.41, 5.74) is 1.11. The molecular formula is C13H22N2O. The molecule has 0 spiro atoms. The van der Waals surface area contributed by atoms with Gasteiger partial charge in [-0.25, -0.2) is 4.98 Å². The molecule has 0 atom stereocenters. The van der Waals surface area contributed by atoms with Gasteiger partial charge in [-0.05, 0) is 32.6 Å². The van der Waals surface area contributed by atoms with Gasteiger partial charge in [-0.2, -0.15) is 4.73 Å².